The number of hydrogen-bond donors (Lipinski definition) is 3. The fourth-order valence-corrected chi connectivity index (χ4v) is 4.44. The summed E-state index contributed by atoms with van der Waals surface area (Å²) in [5.41, 5.74) is -0.328. The molecule has 0 saturated heterocycles. The number of aliphatic hydroxyl groups excluding tert-OH is 2. The molecule has 3 N–H and O–H groups in total. The lowest BCUT2D eigenvalue weighted by atomic mass is 9.85. The van der Waals surface area contributed by atoms with Crippen molar-refractivity contribution in [3.05, 3.63) is 29.8 Å². The van der Waals surface area contributed by atoms with E-state index in [1.807, 2.05) is 0 Å². The summed E-state index contributed by atoms with van der Waals surface area (Å²) in [6.07, 6.45) is -0.571. The van der Waals surface area contributed by atoms with Crippen LogP contribution in [0.2, 0.25) is 0 Å². The number of carbonyl (C=O) groups excluding carboxylic acids is 1. The predicted molar refractivity (Wildman–Crippen MR) is 119 cm³/mol. The Morgan fingerprint density at radius 3 is 2.62 bits per heavy atom. The van der Waals surface area contributed by atoms with E-state index in [4.69, 9.17) is 4.74 Å². The lowest BCUT2D eigenvalue weighted by Crippen LogP contribution is -2.24. The van der Waals surface area contributed by atoms with Crippen molar-refractivity contribution in [2.75, 3.05) is 13.7 Å². The van der Waals surface area contributed by atoms with Gasteiger partial charge in [0.05, 0.1) is 30.6 Å². The summed E-state index contributed by atoms with van der Waals surface area (Å²) in [5.74, 6) is -0.514. The largest absolute Gasteiger partial charge is 0.491 e. The molecule has 0 aromatic heterocycles. The van der Waals surface area contributed by atoms with Gasteiger partial charge in [0.1, 0.15) is 12.4 Å². The second-order valence-electron chi connectivity index (χ2n) is 8.73. The van der Waals surface area contributed by atoms with Crippen LogP contribution in [0.25, 0.3) is 0 Å². The Morgan fingerprint density at radius 1 is 1.21 bits per heavy atom. The molecule has 7 nitrogen and oxygen atoms in total. The van der Waals surface area contributed by atoms with Crippen LogP contribution >= 0.6 is 0 Å². The number of rotatable bonds is 13. The van der Waals surface area contributed by atoms with Crippen molar-refractivity contribution >= 4 is 11.7 Å². The maximum absolute atomic E-state index is 12.8. The fraction of sp³-hybridized carbons (Fsp3) is 0.667. The second kappa shape index (κ2) is 13.5. The van der Waals surface area contributed by atoms with Crippen molar-refractivity contribution in [2.24, 2.45) is 17.0 Å². The van der Waals surface area contributed by atoms with Gasteiger partial charge in [-0.1, -0.05) is 30.5 Å². The lowest BCUT2D eigenvalue weighted by Gasteiger charge is -2.23. The molecule has 34 heavy (non-hydrogen) atoms. The van der Waals surface area contributed by atoms with Gasteiger partial charge in [0, 0.05) is 18.8 Å². The number of hydrogen-bond acceptors (Lipinski definition) is 7. The SMILES string of the molecule is COC(=O)CCCCCC[C@H]1[C@@H](O)C/C(=N/O)[C@@H]1CC[C@@H](O)COc1cccc(C(F)(F)F)c1. The van der Waals surface area contributed by atoms with E-state index in [0.29, 0.717) is 18.6 Å². The maximum atomic E-state index is 12.8. The standard InChI is InChI=1S/C24H34F3NO6/c1-33-23(31)10-5-3-2-4-9-20-19(21(28-32)14-22(20)30)12-11-17(29)15-34-18-8-6-7-16(13-18)24(25,26)27/h6-8,13,17,19-20,22,29-30,32H,2-5,9-12,14-15H2,1H3/b28-21-/t17-,19-,20-,22+/m1/s1. The Bertz CT molecular complexity index is 801. The maximum Gasteiger partial charge on any atom is 0.416 e. The quantitative estimate of drug-likeness (QED) is 0.162. The minimum absolute atomic E-state index is 0.0212. The molecule has 1 saturated carbocycles. The summed E-state index contributed by atoms with van der Waals surface area (Å²) in [5, 5.41) is 33.4. The molecule has 0 amide bonds. The van der Waals surface area contributed by atoms with E-state index in [0.717, 1.165) is 44.2 Å². The zero-order valence-corrected chi connectivity index (χ0v) is 19.3. The van der Waals surface area contributed by atoms with Gasteiger partial charge in [0.15, 0.2) is 0 Å². The smallest absolute Gasteiger partial charge is 0.416 e. The Morgan fingerprint density at radius 2 is 1.94 bits per heavy atom. The van der Waals surface area contributed by atoms with E-state index < -0.39 is 23.9 Å². The van der Waals surface area contributed by atoms with Crippen LogP contribution < -0.4 is 4.74 Å². The van der Waals surface area contributed by atoms with Gasteiger partial charge in [-0.25, -0.2) is 0 Å². The number of alkyl halides is 3. The summed E-state index contributed by atoms with van der Waals surface area (Å²) in [6, 6.07) is 4.48. The number of esters is 1. The third-order valence-corrected chi connectivity index (χ3v) is 6.30. The topological polar surface area (TPSA) is 109 Å². The lowest BCUT2D eigenvalue weighted by molar-refractivity contribution is -0.140. The van der Waals surface area contributed by atoms with E-state index in [1.165, 1.54) is 19.2 Å². The number of methoxy groups -OCH3 is 1. The molecule has 1 aliphatic rings. The van der Waals surface area contributed by atoms with Gasteiger partial charge in [-0.05, 0) is 49.8 Å². The predicted octanol–water partition coefficient (Wildman–Crippen LogP) is 4.57. The Kier molecular flexibility index (Phi) is 11.1. The van der Waals surface area contributed by atoms with Crippen molar-refractivity contribution in [1.82, 2.24) is 0 Å². The molecular formula is C24H34F3NO6. The van der Waals surface area contributed by atoms with Crippen molar-refractivity contribution in [3.63, 3.8) is 0 Å². The van der Waals surface area contributed by atoms with Crippen molar-refractivity contribution in [3.8, 4) is 5.75 Å². The normalized spacial score (nSPS) is 22.6. The summed E-state index contributed by atoms with van der Waals surface area (Å²) in [6.45, 7) is -0.174. The number of ether oxygens (including phenoxy) is 2. The third kappa shape index (κ3) is 8.79. The third-order valence-electron chi connectivity index (χ3n) is 6.30. The van der Waals surface area contributed by atoms with Crippen LogP contribution in [0.1, 0.15) is 63.4 Å². The number of nitrogens with zero attached hydrogens (tertiary/aromatic N) is 1. The zero-order valence-electron chi connectivity index (χ0n) is 19.3. The number of unbranched alkanes of at least 4 members (excludes halogenated alkanes) is 3. The van der Waals surface area contributed by atoms with Crippen LogP contribution in [0.4, 0.5) is 13.2 Å². The molecule has 2 rings (SSSR count). The second-order valence-corrected chi connectivity index (χ2v) is 8.73. The van der Waals surface area contributed by atoms with Gasteiger partial charge in [0.25, 0.3) is 0 Å². The molecule has 0 radical (unpaired) electrons. The molecule has 0 bridgehead atoms. The molecular weight excluding hydrogens is 455 g/mol. The number of halogens is 3. The summed E-state index contributed by atoms with van der Waals surface area (Å²) >= 11 is 0. The first-order valence-electron chi connectivity index (χ1n) is 11.6. The van der Waals surface area contributed by atoms with Crippen LogP contribution in [-0.4, -0.2) is 53.0 Å². The van der Waals surface area contributed by atoms with Crippen LogP contribution in [0.5, 0.6) is 5.75 Å². The molecule has 0 spiro atoms. The minimum Gasteiger partial charge on any atom is -0.491 e. The molecule has 0 unspecified atom stereocenters. The average molecular weight is 490 g/mol. The number of carbonyl (C=O) groups is 1. The fourth-order valence-electron chi connectivity index (χ4n) is 4.44. The van der Waals surface area contributed by atoms with E-state index in [2.05, 4.69) is 9.89 Å². The highest BCUT2D eigenvalue weighted by Crippen LogP contribution is 2.37. The molecule has 1 fully saturated rings. The Hall–Kier alpha value is -2.33. The number of benzene rings is 1. The summed E-state index contributed by atoms with van der Waals surface area (Å²) in [7, 11) is 1.36. The van der Waals surface area contributed by atoms with Crippen LogP contribution in [0, 0.1) is 11.8 Å². The summed E-state index contributed by atoms with van der Waals surface area (Å²) in [4.78, 5) is 11.2. The summed E-state index contributed by atoms with van der Waals surface area (Å²) < 4.78 is 48.4. The van der Waals surface area contributed by atoms with Crippen molar-refractivity contribution in [1.29, 1.82) is 0 Å². The molecule has 1 aromatic carbocycles. The van der Waals surface area contributed by atoms with Gasteiger partial charge < -0.3 is 24.9 Å². The van der Waals surface area contributed by atoms with Crippen molar-refractivity contribution in [2.45, 2.75) is 76.2 Å². The van der Waals surface area contributed by atoms with Crippen LogP contribution in [0.3, 0.4) is 0 Å². The van der Waals surface area contributed by atoms with E-state index >= 15 is 0 Å². The number of aliphatic hydroxyl groups is 2. The minimum atomic E-state index is -4.47. The van der Waals surface area contributed by atoms with Gasteiger partial charge in [0.2, 0.25) is 0 Å². The molecule has 10 heteroatoms. The molecule has 1 aromatic rings. The first kappa shape index (κ1) is 27.9. The van der Waals surface area contributed by atoms with Crippen molar-refractivity contribution < 1.29 is 42.9 Å². The highest BCUT2D eigenvalue weighted by Gasteiger charge is 2.39. The molecule has 0 aliphatic heterocycles. The number of oxime groups is 1. The zero-order chi connectivity index (χ0) is 25.1. The van der Waals surface area contributed by atoms with Gasteiger partial charge in [-0.15, -0.1) is 0 Å². The first-order valence-corrected chi connectivity index (χ1v) is 11.6. The van der Waals surface area contributed by atoms with E-state index in [9.17, 15) is 33.4 Å². The van der Waals surface area contributed by atoms with Crippen LogP contribution in [0.15, 0.2) is 29.4 Å². The highest BCUT2D eigenvalue weighted by molar-refractivity contribution is 5.89. The van der Waals surface area contributed by atoms with E-state index in [1.54, 1.807) is 0 Å². The monoisotopic (exact) mass is 489 g/mol. The molecule has 1 aliphatic carbocycles. The molecule has 0 heterocycles. The van der Waals surface area contributed by atoms with E-state index in [-0.39, 0.29) is 43.0 Å². The Labute approximate surface area is 197 Å². The first-order chi connectivity index (χ1) is 16.2. The highest BCUT2D eigenvalue weighted by atomic mass is 19.4. The average Bonchev–Trinajstić information content (AvgIpc) is 3.12. The van der Waals surface area contributed by atoms with Crippen LogP contribution in [-0.2, 0) is 15.7 Å². The van der Waals surface area contributed by atoms with Gasteiger partial charge >= 0.3 is 12.1 Å². The van der Waals surface area contributed by atoms with Gasteiger partial charge in [-0.3, -0.25) is 4.79 Å². The molecule has 192 valence electrons. The Balaban J connectivity index is 1.80. The van der Waals surface area contributed by atoms with Gasteiger partial charge in [-0.2, -0.15) is 13.2 Å². The molecule has 4 atom stereocenters.